The number of β-amino-alcohol motifs (C(OH)–C–C–N with tert-alkyl or cyclic N) is 1. The van der Waals surface area contributed by atoms with Crippen molar-refractivity contribution in [2.75, 3.05) is 19.7 Å². The second kappa shape index (κ2) is 8.28. The average molecular weight is 436 g/mol. The number of nitrogens with zero attached hydrogens (tertiary/aromatic N) is 3. The summed E-state index contributed by atoms with van der Waals surface area (Å²) in [5.74, 6) is 0.129. The summed E-state index contributed by atoms with van der Waals surface area (Å²) in [7, 11) is 2.80. The van der Waals surface area contributed by atoms with E-state index in [2.05, 4.69) is 0 Å². The van der Waals surface area contributed by atoms with Gasteiger partial charge in [0.1, 0.15) is 23.7 Å². The van der Waals surface area contributed by atoms with Gasteiger partial charge in [-0.25, -0.2) is 4.79 Å². The molecule has 1 fully saturated rings. The van der Waals surface area contributed by atoms with Crippen molar-refractivity contribution < 1.29 is 14.6 Å². The fourth-order valence-electron chi connectivity index (χ4n) is 3.71. The highest BCUT2D eigenvalue weighted by molar-refractivity contribution is 6.32. The number of carbonyl (C=O) groups is 1. The Morgan fingerprint density at radius 3 is 2.43 bits per heavy atom. The Morgan fingerprint density at radius 2 is 1.80 bits per heavy atom. The van der Waals surface area contributed by atoms with Gasteiger partial charge in [0.15, 0.2) is 0 Å². The molecule has 0 radical (unpaired) electrons. The smallest absolute Gasteiger partial charge is 0.331 e. The molecule has 30 heavy (non-hydrogen) atoms. The quantitative estimate of drug-likeness (QED) is 0.783. The van der Waals surface area contributed by atoms with Gasteiger partial charge in [-0.2, -0.15) is 0 Å². The Kier molecular flexibility index (Phi) is 6.10. The van der Waals surface area contributed by atoms with Gasteiger partial charge in [0.25, 0.3) is 11.5 Å². The van der Waals surface area contributed by atoms with E-state index in [9.17, 15) is 19.5 Å². The zero-order valence-electron chi connectivity index (χ0n) is 17.6. The Labute approximate surface area is 179 Å². The number of piperidine rings is 1. The number of halogens is 1. The van der Waals surface area contributed by atoms with Crippen LogP contribution in [0.4, 0.5) is 0 Å². The van der Waals surface area contributed by atoms with Crippen molar-refractivity contribution in [1.29, 1.82) is 0 Å². The SMILES string of the molecule is Cc1cc(OCC2(O)CCCN(C(=O)c3cc(=O)n(C)c(=O)n3C)C2)cc(C)c1Cl. The van der Waals surface area contributed by atoms with Gasteiger partial charge in [0.2, 0.25) is 0 Å². The van der Waals surface area contributed by atoms with Crippen LogP contribution in [0.5, 0.6) is 5.75 Å². The predicted octanol–water partition coefficient (Wildman–Crippen LogP) is 1.40. The Morgan fingerprint density at radius 1 is 1.17 bits per heavy atom. The predicted molar refractivity (Wildman–Crippen MR) is 113 cm³/mol. The molecule has 1 aromatic carbocycles. The van der Waals surface area contributed by atoms with Gasteiger partial charge in [0, 0.05) is 31.7 Å². The molecule has 2 heterocycles. The van der Waals surface area contributed by atoms with Gasteiger partial charge in [0.05, 0.1) is 6.54 Å². The van der Waals surface area contributed by atoms with Gasteiger partial charge in [-0.1, -0.05) is 11.6 Å². The van der Waals surface area contributed by atoms with E-state index in [1.807, 2.05) is 13.8 Å². The number of benzene rings is 1. The van der Waals surface area contributed by atoms with Gasteiger partial charge in [-0.15, -0.1) is 0 Å². The summed E-state index contributed by atoms with van der Waals surface area (Å²) in [4.78, 5) is 38.5. The lowest BCUT2D eigenvalue weighted by atomic mass is 9.93. The lowest BCUT2D eigenvalue weighted by molar-refractivity contribution is -0.0534. The number of aryl methyl sites for hydroxylation is 2. The minimum absolute atomic E-state index is 0.00257. The second-order valence-corrected chi connectivity index (χ2v) is 8.36. The first-order valence-electron chi connectivity index (χ1n) is 9.71. The van der Waals surface area contributed by atoms with Crippen LogP contribution < -0.4 is 16.0 Å². The normalized spacial score (nSPS) is 19.1. The maximum Gasteiger partial charge on any atom is 0.331 e. The molecule has 8 nitrogen and oxygen atoms in total. The monoisotopic (exact) mass is 435 g/mol. The van der Waals surface area contributed by atoms with E-state index in [4.69, 9.17) is 16.3 Å². The van der Waals surface area contributed by atoms with E-state index < -0.39 is 22.8 Å². The Bertz CT molecular complexity index is 1080. The average Bonchev–Trinajstić information content (AvgIpc) is 2.71. The zero-order valence-corrected chi connectivity index (χ0v) is 18.3. The second-order valence-electron chi connectivity index (χ2n) is 7.98. The molecule has 1 aliphatic rings. The highest BCUT2D eigenvalue weighted by atomic mass is 35.5. The minimum Gasteiger partial charge on any atom is -0.491 e. The molecule has 0 spiro atoms. The summed E-state index contributed by atoms with van der Waals surface area (Å²) in [5.41, 5.74) is -0.609. The molecule has 1 aromatic heterocycles. The fourth-order valence-corrected chi connectivity index (χ4v) is 3.82. The molecule has 3 rings (SSSR count). The molecule has 1 amide bonds. The maximum absolute atomic E-state index is 13.0. The molecule has 0 saturated carbocycles. The minimum atomic E-state index is -1.24. The van der Waals surface area contributed by atoms with Gasteiger partial charge >= 0.3 is 5.69 Å². The number of hydrogen-bond donors (Lipinski definition) is 1. The first kappa shape index (κ1) is 22.1. The number of hydrogen-bond acceptors (Lipinski definition) is 5. The summed E-state index contributed by atoms with van der Waals surface area (Å²) in [6.45, 7) is 4.23. The van der Waals surface area contributed by atoms with Crippen molar-refractivity contribution in [2.24, 2.45) is 14.1 Å². The highest BCUT2D eigenvalue weighted by Crippen LogP contribution is 2.28. The summed E-state index contributed by atoms with van der Waals surface area (Å²) in [6, 6.07) is 4.76. The van der Waals surface area contributed by atoms with Gasteiger partial charge < -0.3 is 14.7 Å². The first-order valence-corrected chi connectivity index (χ1v) is 10.1. The molecule has 1 saturated heterocycles. The Balaban J connectivity index is 1.77. The molecule has 1 aliphatic heterocycles. The molecule has 1 atom stereocenters. The number of ether oxygens (including phenoxy) is 1. The van der Waals surface area contributed by atoms with Crippen LogP contribution in [0.25, 0.3) is 0 Å². The van der Waals surface area contributed by atoms with Crippen molar-refractivity contribution in [1.82, 2.24) is 14.0 Å². The third kappa shape index (κ3) is 4.29. The molecule has 1 N–H and O–H groups in total. The third-order valence-corrected chi connectivity index (χ3v) is 6.10. The van der Waals surface area contributed by atoms with Crippen molar-refractivity contribution >= 4 is 17.5 Å². The molecule has 2 aromatic rings. The molecular formula is C21H26ClN3O5. The molecule has 0 aliphatic carbocycles. The first-order chi connectivity index (χ1) is 14.0. The fraction of sp³-hybridized carbons (Fsp3) is 0.476. The summed E-state index contributed by atoms with van der Waals surface area (Å²) in [6.07, 6.45) is 1.04. The molecular weight excluding hydrogens is 410 g/mol. The van der Waals surface area contributed by atoms with Crippen LogP contribution in [0.15, 0.2) is 27.8 Å². The number of aromatic nitrogens is 2. The van der Waals surface area contributed by atoms with E-state index in [1.165, 1.54) is 19.0 Å². The number of amides is 1. The van der Waals surface area contributed by atoms with Crippen LogP contribution in [-0.2, 0) is 14.1 Å². The van der Waals surface area contributed by atoms with Gasteiger partial charge in [-0.05, 0) is 49.9 Å². The molecule has 162 valence electrons. The molecule has 9 heteroatoms. The number of rotatable bonds is 4. The van der Waals surface area contributed by atoms with Crippen LogP contribution in [0, 0.1) is 13.8 Å². The van der Waals surface area contributed by atoms with Crippen LogP contribution in [0.3, 0.4) is 0 Å². The lowest BCUT2D eigenvalue weighted by Crippen LogP contribution is -2.54. The highest BCUT2D eigenvalue weighted by Gasteiger charge is 2.37. The zero-order chi connectivity index (χ0) is 22.2. The van der Waals surface area contributed by atoms with Crippen LogP contribution in [-0.4, -0.2) is 50.3 Å². The van der Waals surface area contributed by atoms with E-state index >= 15 is 0 Å². The summed E-state index contributed by atoms with van der Waals surface area (Å²) < 4.78 is 7.91. The molecule has 0 bridgehead atoms. The largest absolute Gasteiger partial charge is 0.491 e. The standard InChI is InChI=1S/C21H26ClN3O5/c1-13-8-15(9-14(2)18(13)22)30-12-21(29)6-5-7-25(11-21)19(27)16-10-17(26)24(4)20(28)23(16)3/h8-10,29H,5-7,11-12H2,1-4H3. The topological polar surface area (TPSA) is 93.8 Å². The summed E-state index contributed by atoms with van der Waals surface area (Å²) >= 11 is 6.19. The summed E-state index contributed by atoms with van der Waals surface area (Å²) in [5, 5.41) is 11.7. The maximum atomic E-state index is 13.0. The molecule has 1 unspecified atom stereocenters. The van der Waals surface area contributed by atoms with E-state index in [0.717, 1.165) is 26.3 Å². The van der Waals surface area contributed by atoms with E-state index in [-0.39, 0.29) is 18.8 Å². The van der Waals surface area contributed by atoms with Crippen molar-refractivity contribution in [2.45, 2.75) is 32.3 Å². The number of aliphatic hydroxyl groups is 1. The van der Waals surface area contributed by atoms with E-state index in [1.54, 1.807) is 12.1 Å². The van der Waals surface area contributed by atoms with Crippen LogP contribution in [0.1, 0.15) is 34.5 Å². The lowest BCUT2D eigenvalue weighted by Gasteiger charge is -2.39. The van der Waals surface area contributed by atoms with Crippen molar-refractivity contribution in [3.63, 3.8) is 0 Å². The number of carbonyl (C=O) groups excluding carboxylic acids is 1. The van der Waals surface area contributed by atoms with Crippen molar-refractivity contribution in [3.05, 3.63) is 60.9 Å². The van der Waals surface area contributed by atoms with Gasteiger partial charge in [-0.3, -0.25) is 18.7 Å². The van der Waals surface area contributed by atoms with E-state index in [0.29, 0.717) is 30.2 Å². The number of likely N-dealkylation sites (tertiary alicyclic amines) is 1. The third-order valence-electron chi connectivity index (χ3n) is 5.51. The Hall–Kier alpha value is -2.58. The van der Waals surface area contributed by atoms with Crippen molar-refractivity contribution in [3.8, 4) is 5.75 Å². The van der Waals surface area contributed by atoms with Crippen LogP contribution >= 0.6 is 11.6 Å². The van der Waals surface area contributed by atoms with Crippen LogP contribution in [0.2, 0.25) is 5.02 Å².